The summed E-state index contributed by atoms with van der Waals surface area (Å²) in [5.74, 6) is -0.317. The quantitative estimate of drug-likeness (QED) is 0.583. The highest BCUT2D eigenvalue weighted by Crippen LogP contribution is 2.07. The lowest BCUT2D eigenvalue weighted by Crippen LogP contribution is -2.07. The molecule has 0 N–H and O–H groups in total. The summed E-state index contributed by atoms with van der Waals surface area (Å²) in [5.41, 5.74) is 0.906. The Hall–Kier alpha value is -1.35. The third kappa shape index (κ3) is 4.61. The Morgan fingerprint density at radius 2 is 2.13 bits per heavy atom. The molecule has 80 valence electrons. The van der Waals surface area contributed by atoms with Gasteiger partial charge in [0.25, 0.3) is 0 Å². The Morgan fingerprint density at radius 1 is 1.47 bits per heavy atom. The van der Waals surface area contributed by atoms with Gasteiger partial charge < -0.3 is 4.74 Å². The van der Waals surface area contributed by atoms with Gasteiger partial charge >= 0.3 is 5.97 Å². The van der Waals surface area contributed by atoms with Gasteiger partial charge in [0, 0.05) is 11.2 Å². The van der Waals surface area contributed by atoms with E-state index in [0.29, 0.717) is 11.6 Å². The number of aliphatic imine (C=N–C) groups is 1. The van der Waals surface area contributed by atoms with E-state index in [4.69, 9.17) is 16.3 Å². The van der Waals surface area contributed by atoms with Crippen molar-refractivity contribution in [2.24, 2.45) is 4.99 Å². The summed E-state index contributed by atoms with van der Waals surface area (Å²) in [5, 5.41) is 0.678. The summed E-state index contributed by atoms with van der Waals surface area (Å²) < 4.78 is 4.73. The monoisotopic (exact) mass is 225 g/mol. The number of esters is 1. The van der Waals surface area contributed by atoms with Gasteiger partial charge in [0.1, 0.15) is 6.54 Å². The van der Waals surface area contributed by atoms with Crippen molar-refractivity contribution in [2.45, 2.75) is 6.92 Å². The molecule has 0 heterocycles. The molecule has 0 aliphatic carbocycles. The minimum Gasteiger partial charge on any atom is -0.465 e. The minimum absolute atomic E-state index is 0.0521. The molecule has 0 radical (unpaired) electrons. The number of hydrogen-bond donors (Lipinski definition) is 0. The summed E-state index contributed by atoms with van der Waals surface area (Å²) in [6.07, 6.45) is 1.62. The van der Waals surface area contributed by atoms with Crippen LogP contribution in [-0.2, 0) is 9.53 Å². The summed E-state index contributed by atoms with van der Waals surface area (Å²) >= 11 is 5.72. The lowest BCUT2D eigenvalue weighted by atomic mass is 10.2. The number of nitrogens with zero attached hydrogens (tertiary/aromatic N) is 1. The molecule has 0 aliphatic heterocycles. The molecule has 0 fully saturated rings. The average Bonchev–Trinajstić information content (AvgIpc) is 2.21. The first-order chi connectivity index (χ1) is 7.22. The van der Waals surface area contributed by atoms with Crippen molar-refractivity contribution in [3.8, 4) is 0 Å². The van der Waals surface area contributed by atoms with Crippen LogP contribution in [0.3, 0.4) is 0 Å². The van der Waals surface area contributed by atoms with E-state index in [0.717, 1.165) is 5.56 Å². The van der Waals surface area contributed by atoms with Crippen LogP contribution in [0.25, 0.3) is 0 Å². The lowest BCUT2D eigenvalue weighted by Gasteiger charge is -1.96. The second-order valence-electron chi connectivity index (χ2n) is 2.83. The molecule has 1 rings (SSSR count). The predicted octanol–water partition coefficient (Wildman–Crippen LogP) is 2.32. The van der Waals surface area contributed by atoms with Gasteiger partial charge in [-0.2, -0.15) is 0 Å². The molecular formula is C11H12ClNO2. The highest BCUT2D eigenvalue weighted by molar-refractivity contribution is 6.30. The van der Waals surface area contributed by atoms with Crippen LogP contribution in [0.15, 0.2) is 29.3 Å². The molecule has 0 saturated carbocycles. The number of benzene rings is 1. The molecule has 4 heteroatoms. The van der Waals surface area contributed by atoms with Crippen LogP contribution >= 0.6 is 11.6 Å². The third-order valence-corrected chi connectivity index (χ3v) is 1.89. The molecule has 3 nitrogen and oxygen atoms in total. The van der Waals surface area contributed by atoms with E-state index in [2.05, 4.69) is 4.99 Å². The van der Waals surface area contributed by atoms with Crippen molar-refractivity contribution in [1.29, 1.82) is 0 Å². The Balaban J connectivity index is 2.44. The van der Waals surface area contributed by atoms with Gasteiger partial charge in [-0.1, -0.05) is 23.7 Å². The molecule has 1 aromatic rings. The standard InChI is InChI=1S/C11H12ClNO2/c1-2-15-11(14)8-13-7-9-3-5-10(12)6-4-9/h3-7H,2,8H2,1H3/b13-7-. The highest BCUT2D eigenvalue weighted by Gasteiger charge is 1.96. The largest absolute Gasteiger partial charge is 0.465 e. The summed E-state index contributed by atoms with van der Waals surface area (Å²) in [6.45, 7) is 2.20. The number of hydrogen-bond acceptors (Lipinski definition) is 3. The van der Waals surface area contributed by atoms with Crippen LogP contribution in [0.4, 0.5) is 0 Å². The Kier molecular flexibility index (Phi) is 4.84. The number of carbonyl (C=O) groups excluding carboxylic acids is 1. The highest BCUT2D eigenvalue weighted by atomic mass is 35.5. The molecule has 0 aliphatic rings. The van der Waals surface area contributed by atoms with Gasteiger partial charge in [-0.3, -0.25) is 9.79 Å². The first-order valence-electron chi connectivity index (χ1n) is 4.63. The zero-order valence-electron chi connectivity index (χ0n) is 8.44. The number of carbonyl (C=O) groups is 1. The molecule has 0 aromatic heterocycles. The SMILES string of the molecule is CCOC(=O)C/N=C\c1ccc(Cl)cc1. The van der Waals surface area contributed by atoms with Gasteiger partial charge in [-0.25, -0.2) is 0 Å². The Labute approximate surface area is 93.7 Å². The zero-order valence-corrected chi connectivity index (χ0v) is 9.20. The summed E-state index contributed by atoms with van der Waals surface area (Å²) in [4.78, 5) is 14.9. The molecule has 1 aromatic carbocycles. The first kappa shape index (κ1) is 11.7. The van der Waals surface area contributed by atoms with Crippen molar-refractivity contribution in [1.82, 2.24) is 0 Å². The lowest BCUT2D eigenvalue weighted by molar-refractivity contribution is -0.141. The van der Waals surface area contributed by atoms with Gasteiger partial charge in [0.15, 0.2) is 0 Å². The maximum absolute atomic E-state index is 10.9. The van der Waals surface area contributed by atoms with Crippen LogP contribution in [0.1, 0.15) is 12.5 Å². The van der Waals surface area contributed by atoms with E-state index >= 15 is 0 Å². The fourth-order valence-corrected chi connectivity index (χ4v) is 1.11. The molecule has 0 spiro atoms. The predicted molar refractivity (Wildman–Crippen MR) is 60.5 cm³/mol. The second kappa shape index (κ2) is 6.19. The smallest absolute Gasteiger partial charge is 0.327 e. The van der Waals surface area contributed by atoms with Gasteiger partial charge in [0.2, 0.25) is 0 Å². The van der Waals surface area contributed by atoms with Gasteiger partial charge in [0.05, 0.1) is 6.61 Å². The topological polar surface area (TPSA) is 38.7 Å². The fraction of sp³-hybridized carbons (Fsp3) is 0.273. The fourth-order valence-electron chi connectivity index (χ4n) is 0.981. The van der Waals surface area contributed by atoms with E-state index in [1.165, 1.54) is 0 Å². The maximum Gasteiger partial charge on any atom is 0.327 e. The van der Waals surface area contributed by atoms with Crippen LogP contribution < -0.4 is 0 Å². The zero-order chi connectivity index (χ0) is 11.1. The minimum atomic E-state index is -0.317. The molecule has 0 bridgehead atoms. The van der Waals surface area contributed by atoms with E-state index in [9.17, 15) is 4.79 Å². The molecule has 15 heavy (non-hydrogen) atoms. The van der Waals surface area contributed by atoms with Crippen LogP contribution in [-0.4, -0.2) is 25.3 Å². The number of ether oxygens (including phenoxy) is 1. The van der Waals surface area contributed by atoms with Crippen molar-refractivity contribution < 1.29 is 9.53 Å². The van der Waals surface area contributed by atoms with E-state index in [1.807, 2.05) is 12.1 Å². The maximum atomic E-state index is 10.9. The van der Waals surface area contributed by atoms with E-state index < -0.39 is 0 Å². The van der Waals surface area contributed by atoms with Gasteiger partial charge in [-0.15, -0.1) is 0 Å². The van der Waals surface area contributed by atoms with Crippen molar-refractivity contribution in [3.63, 3.8) is 0 Å². The number of rotatable bonds is 4. The normalized spacial score (nSPS) is 10.5. The average molecular weight is 226 g/mol. The summed E-state index contributed by atoms with van der Waals surface area (Å²) in [6, 6.07) is 7.20. The molecule has 0 saturated heterocycles. The van der Waals surface area contributed by atoms with Crippen molar-refractivity contribution >= 4 is 23.8 Å². The van der Waals surface area contributed by atoms with Crippen LogP contribution in [0.5, 0.6) is 0 Å². The number of halogens is 1. The molecule has 0 amide bonds. The van der Waals surface area contributed by atoms with Crippen molar-refractivity contribution in [3.05, 3.63) is 34.9 Å². The third-order valence-electron chi connectivity index (χ3n) is 1.64. The molecule has 0 atom stereocenters. The molecule has 0 unspecified atom stereocenters. The summed E-state index contributed by atoms with van der Waals surface area (Å²) in [7, 11) is 0. The Bertz CT molecular complexity index is 346. The van der Waals surface area contributed by atoms with Crippen LogP contribution in [0, 0.1) is 0 Å². The van der Waals surface area contributed by atoms with E-state index in [-0.39, 0.29) is 12.5 Å². The van der Waals surface area contributed by atoms with Gasteiger partial charge in [-0.05, 0) is 24.6 Å². The Morgan fingerprint density at radius 3 is 2.73 bits per heavy atom. The molecular weight excluding hydrogens is 214 g/mol. The van der Waals surface area contributed by atoms with E-state index in [1.54, 1.807) is 25.3 Å². The first-order valence-corrected chi connectivity index (χ1v) is 5.01. The van der Waals surface area contributed by atoms with Crippen molar-refractivity contribution in [2.75, 3.05) is 13.2 Å². The second-order valence-corrected chi connectivity index (χ2v) is 3.26. The van der Waals surface area contributed by atoms with Crippen LogP contribution in [0.2, 0.25) is 5.02 Å².